The normalized spacial score (nSPS) is 33.0. The average molecular weight is 111 g/mol. The Morgan fingerprint density at radius 1 is 1.38 bits per heavy atom. The molecule has 1 spiro atoms. The third kappa shape index (κ3) is 0.655. The van der Waals surface area contributed by atoms with Crippen LogP contribution in [0.5, 0.6) is 0 Å². The molecular weight excluding hydrogens is 100 g/mol. The van der Waals surface area contributed by atoms with Crippen molar-refractivity contribution in [1.82, 2.24) is 0 Å². The Bertz CT molecular complexity index is 86.6. The smallest absolute Gasteiger partial charge is 0.0687 e. The number of rotatable bonds is 0. The summed E-state index contributed by atoms with van der Waals surface area (Å²) in [5.74, 6) is 0. The molecule has 0 aromatic heterocycles. The van der Waals surface area contributed by atoms with E-state index in [1.54, 1.807) is 0 Å². The van der Waals surface area contributed by atoms with Crippen LogP contribution in [0.25, 0.3) is 0 Å². The molecule has 2 fully saturated rings. The van der Waals surface area contributed by atoms with E-state index in [1.807, 2.05) is 0 Å². The second-order valence-corrected chi connectivity index (χ2v) is 2.81. The highest BCUT2D eigenvalue weighted by Gasteiger charge is 2.44. The van der Waals surface area contributed by atoms with Crippen LogP contribution >= 0.6 is 0 Å². The maximum Gasteiger partial charge on any atom is 0.0687 e. The lowest BCUT2D eigenvalue weighted by molar-refractivity contribution is 0.0137. The lowest BCUT2D eigenvalue weighted by Gasteiger charge is -2.20. The minimum Gasteiger partial charge on any atom is -0.375 e. The van der Waals surface area contributed by atoms with E-state index in [0.717, 1.165) is 6.61 Å². The van der Waals surface area contributed by atoms with Crippen LogP contribution in [0.1, 0.15) is 25.7 Å². The van der Waals surface area contributed by atoms with E-state index < -0.39 is 0 Å². The van der Waals surface area contributed by atoms with Gasteiger partial charge in [-0.05, 0) is 32.1 Å². The first kappa shape index (κ1) is 4.80. The van der Waals surface area contributed by atoms with Gasteiger partial charge in [0.15, 0.2) is 0 Å². The second-order valence-electron chi connectivity index (χ2n) is 2.81. The summed E-state index contributed by atoms with van der Waals surface area (Å²) in [4.78, 5) is 0. The first-order valence-electron chi connectivity index (χ1n) is 3.37. The average Bonchev–Trinajstić information content (AvgIpc) is 2.52. The first-order chi connectivity index (χ1) is 3.91. The molecule has 0 bridgehead atoms. The molecule has 8 heavy (non-hydrogen) atoms. The molecule has 45 valence electrons. The molecule has 1 saturated heterocycles. The van der Waals surface area contributed by atoms with Crippen LogP contribution in [0, 0.1) is 6.42 Å². The van der Waals surface area contributed by atoms with Gasteiger partial charge in [-0.1, -0.05) is 0 Å². The maximum atomic E-state index is 5.55. The quantitative estimate of drug-likeness (QED) is 0.460. The molecule has 1 saturated carbocycles. The van der Waals surface area contributed by atoms with E-state index in [2.05, 4.69) is 6.42 Å². The molecule has 0 aromatic rings. The van der Waals surface area contributed by atoms with Gasteiger partial charge in [-0.15, -0.1) is 0 Å². The van der Waals surface area contributed by atoms with Gasteiger partial charge < -0.3 is 4.74 Å². The van der Waals surface area contributed by atoms with Gasteiger partial charge in [0.25, 0.3) is 0 Å². The fourth-order valence-electron chi connectivity index (χ4n) is 1.27. The number of hydrogen-bond donors (Lipinski definition) is 0. The van der Waals surface area contributed by atoms with Crippen molar-refractivity contribution < 1.29 is 4.74 Å². The minimum absolute atomic E-state index is 0.373. The van der Waals surface area contributed by atoms with E-state index in [-0.39, 0.29) is 0 Å². The maximum absolute atomic E-state index is 5.55. The molecule has 0 atom stereocenters. The Morgan fingerprint density at radius 2 is 2.25 bits per heavy atom. The highest BCUT2D eigenvalue weighted by atomic mass is 16.5. The van der Waals surface area contributed by atoms with Gasteiger partial charge in [-0.25, -0.2) is 0 Å². The number of ether oxygens (including phenoxy) is 1. The fraction of sp³-hybridized carbons (Fsp3) is 0.857. The molecule has 1 radical (unpaired) electrons. The van der Waals surface area contributed by atoms with Gasteiger partial charge in [0.05, 0.1) is 5.60 Å². The molecule has 1 nitrogen and oxygen atoms in total. The van der Waals surface area contributed by atoms with Gasteiger partial charge in [0, 0.05) is 6.61 Å². The summed E-state index contributed by atoms with van der Waals surface area (Å²) in [6, 6.07) is 0. The van der Waals surface area contributed by atoms with Gasteiger partial charge >= 0.3 is 0 Å². The molecule has 2 rings (SSSR count). The SMILES string of the molecule is [CH]1CCOC2(C1)CC2. The van der Waals surface area contributed by atoms with Crippen LogP contribution in [-0.4, -0.2) is 12.2 Å². The zero-order chi connectivity index (χ0) is 5.45. The van der Waals surface area contributed by atoms with Gasteiger partial charge in [-0.2, -0.15) is 0 Å². The molecule has 0 N–H and O–H groups in total. The minimum atomic E-state index is 0.373. The molecule has 0 aromatic carbocycles. The van der Waals surface area contributed by atoms with Crippen molar-refractivity contribution in [1.29, 1.82) is 0 Å². The van der Waals surface area contributed by atoms with E-state index in [1.165, 1.54) is 25.7 Å². The van der Waals surface area contributed by atoms with Crippen LogP contribution in [0.3, 0.4) is 0 Å². The van der Waals surface area contributed by atoms with Gasteiger partial charge in [0.2, 0.25) is 0 Å². The van der Waals surface area contributed by atoms with Crippen LogP contribution in [0.15, 0.2) is 0 Å². The second kappa shape index (κ2) is 1.47. The Kier molecular flexibility index (Phi) is 0.884. The molecule has 1 aliphatic heterocycles. The molecule has 1 aliphatic carbocycles. The van der Waals surface area contributed by atoms with Crippen molar-refractivity contribution in [2.45, 2.75) is 31.3 Å². The van der Waals surface area contributed by atoms with Crippen LogP contribution in [0.2, 0.25) is 0 Å². The van der Waals surface area contributed by atoms with E-state index >= 15 is 0 Å². The highest BCUT2D eigenvalue weighted by molar-refractivity contribution is 5.01. The molecular formula is C7H11O. The molecule has 0 amide bonds. The zero-order valence-electron chi connectivity index (χ0n) is 5.02. The summed E-state index contributed by atoms with van der Waals surface area (Å²) in [5, 5.41) is 0. The Morgan fingerprint density at radius 3 is 2.62 bits per heavy atom. The third-order valence-corrected chi connectivity index (χ3v) is 2.05. The van der Waals surface area contributed by atoms with E-state index in [0.29, 0.717) is 5.60 Å². The standard InChI is InChI=1S/C7H11O/c1-2-6-8-7(3-1)4-5-7/h1H,2-6H2. The van der Waals surface area contributed by atoms with Crippen molar-refractivity contribution in [3.05, 3.63) is 6.42 Å². The fourth-order valence-corrected chi connectivity index (χ4v) is 1.27. The van der Waals surface area contributed by atoms with E-state index in [9.17, 15) is 0 Å². The monoisotopic (exact) mass is 111 g/mol. The summed E-state index contributed by atoms with van der Waals surface area (Å²) < 4.78 is 5.55. The summed E-state index contributed by atoms with van der Waals surface area (Å²) in [5.41, 5.74) is 0.373. The van der Waals surface area contributed by atoms with Gasteiger partial charge in [-0.3, -0.25) is 0 Å². The van der Waals surface area contributed by atoms with Crippen molar-refractivity contribution in [2.75, 3.05) is 6.61 Å². The van der Waals surface area contributed by atoms with Gasteiger partial charge in [0.1, 0.15) is 0 Å². The molecule has 0 unspecified atom stereocenters. The highest BCUT2D eigenvalue weighted by Crippen LogP contribution is 2.45. The van der Waals surface area contributed by atoms with Crippen molar-refractivity contribution >= 4 is 0 Å². The summed E-state index contributed by atoms with van der Waals surface area (Å²) in [6.07, 6.45) is 7.36. The lowest BCUT2D eigenvalue weighted by Crippen LogP contribution is -2.20. The summed E-state index contributed by atoms with van der Waals surface area (Å²) in [7, 11) is 0. The summed E-state index contributed by atoms with van der Waals surface area (Å²) >= 11 is 0. The summed E-state index contributed by atoms with van der Waals surface area (Å²) in [6.45, 7) is 0.972. The number of hydrogen-bond acceptors (Lipinski definition) is 1. The largest absolute Gasteiger partial charge is 0.375 e. The molecule has 1 heteroatoms. The molecule has 1 heterocycles. The predicted molar refractivity (Wildman–Crippen MR) is 31.5 cm³/mol. The van der Waals surface area contributed by atoms with Crippen LogP contribution in [-0.2, 0) is 4.74 Å². The topological polar surface area (TPSA) is 9.23 Å². The van der Waals surface area contributed by atoms with Crippen molar-refractivity contribution in [3.63, 3.8) is 0 Å². The van der Waals surface area contributed by atoms with Crippen LogP contribution < -0.4 is 0 Å². The predicted octanol–water partition coefficient (Wildman–Crippen LogP) is 1.53. The van der Waals surface area contributed by atoms with E-state index in [4.69, 9.17) is 4.74 Å². The van der Waals surface area contributed by atoms with Crippen molar-refractivity contribution in [2.24, 2.45) is 0 Å². The Labute approximate surface area is 50.0 Å². The molecule has 2 aliphatic rings. The Balaban J connectivity index is 1.95. The van der Waals surface area contributed by atoms with Crippen LogP contribution in [0.4, 0.5) is 0 Å². The zero-order valence-corrected chi connectivity index (χ0v) is 5.02. The Hall–Kier alpha value is -0.0400. The van der Waals surface area contributed by atoms with Crippen molar-refractivity contribution in [3.8, 4) is 0 Å². The lowest BCUT2D eigenvalue weighted by atomic mass is 10.1. The third-order valence-electron chi connectivity index (χ3n) is 2.05. The first-order valence-corrected chi connectivity index (χ1v) is 3.37.